The molecule has 1 heteroatoms. The zero-order valence-corrected chi connectivity index (χ0v) is 5.76. The predicted octanol–water partition coefficient (Wildman–Crippen LogP) is 1.93. The number of rotatable bonds is 2. The lowest BCUT2D eigenvalue weighted by molar-refractivity contribution is -0.105. The average molecular weight is 124 g/mol. The highest BCUT2D eigenvalue weighted by Crippen LogP contribution is 2.24. The molecule has 0 spiro atoms. The number of allylic oxidation sites excluding steroid dienone is 2. The third kappa shape index (κ3) is 1.41. The molecule has 0 aromatic heterocycles. The second-order valence-electron chi connectivity index (χ2n) is 2.57. The summed E-state index contributed by atoms with van der Waals surface area (Å²) in [6, 6.07) is 0. The SMILES string of the molecule is CCC1C=C(C=O)CC1. The maximum Gasteiger partial charge on any atom is 0.145 e. The van der Waals surface area contributed by atoms with Crippen molar-refractivity contribution < 1.29 is 4.79 Å². The van der Waals surface area contributed by atoms with Crippen LogP contribution in [0.1, 0.15) is 26.2 Å². The number of aldehydes is 1. The van der Waals surface area contributed by atoms with Crippen LogP contribution in [0.3, 0.4) is 0 Å². The first-order valence-corrected chi connectivity index (χ1v) is 3.52. The van der Waals surface area contributed by atoms with Crippen molar-refractivity contribution in [3.8, 4) is 0 Å². The van der Waals surface area contributed by atoms with Crippen LogP contribution in [0.2, 0.25) is 0 Å². The molecule has 9 heavy (non-hydrogen) atoms. The van der Waals surface area contributed by atoms with Gasteiger partial charge < -0.3 is 0 Å². The van der Waals surface area contributed by atoms with E-state index < -0.39 is 0 Å². The minimum absolute atomic E-state index is 0.685. The van der Waals surface area contributed by atoms with E-state index in [9.17, 15) is 4.79 Å². The summed E-state index contributed by atoms with van der Waals surface area (Å²) < 4.78 is 0. The molecule has 1 aliphatic carbocycles. The van der Waals surface area contributed by atoms with Crippen molar-refractivity contribution in [2.45, 2.75) is 26.2 Å². The predicted molar refractivity (Wildman–Crippen MR) is 37.2 cm³/mol. The van der Waals surface area contributed by atoms with Crippen molar-refractivity contribution in [3.63, 3.8) is 0 Å². The van der Waals surface area contributed by atoms with E-state index in [0.717, 1.165) is 18.3 Å². The normalized spacial score (nSPS) is 25.9. The summed E-state index contributed by atoms with van der Waals surface area (Å²) in [5.41, 5.74) is 1.00. The van der Waals surface area contributed by atoms with Gasteiger partial charge in [0.15, 0.2) is 0 Å². The molecule has 1 aliphatic rings. The summed E-state index contributed by atoms with van der Waals surface area (Å²) in [7, 11) is 0. The molecule has 0 saturated heterocycles. The Morgan fingerprint density at radius 3 is 3.00 bits per heavy atom. The van der Waals surface area contributed by atoms with Crippen LogP contribution >= 0.6 is 0 Å². The summed E-state index contributed by atoms with van der Waals surface area (Å²) in [6.45, 7) is 2.16. The lowest BCUT2D eigenvalue weighted by Crippen LogP contribution is -1.84. The van der Waals surface area contributed by atoms with Gasteiger partial charge in [0.05, 0.1) is 0 Å². The maximum atomic E-state index is 10.2. The molecule has 1 atom stereocenters. The van der Waals surface area contributed by atoms with Gasteiger partial charge in [-0.2, -0.15) is 0 Å². The van der Waals surface area contributed by atoms with E-state index in [4.69, 9.17) is 0 Å². The molecule has 0 saturated carbocycles. The van der Waals surface area contributed by atoms with E-state index in [0.29, 0.717) is 5.92 Å². The third-order valence-electron chi connectivity index (χ3n) is 1.93. The Labute approximate surface area is 55.8 Å². The minimum atomic E-state index is 0.685. The largest absolute Gasteiger partial charge is 0.298 e. The standard InChI is InChI=1S/C8H12O/c1-2-7-3-4-8(5-7)6-9/h5-7H,2-4H2,1H3. The first-order valence-electron chi connectivity index (χ1n) is 3.52. The summed E-state index contributed by atoms with van der Waals surface area (Å²) in [6.07, 6.45) is 6.45. The van der Waals surface area contributed by atoms with Gasteiger partial charge in [0.25, 0.3) is 0 Å². The van der Waals surface area contributed by atoms with E-state index in [1.807, 2.05) is 0 Å². The van der Waals surface area contributed by atoms with Crippen LogP contribution in [0, 0.1) is 5.92 Å². The molecule has 0 aromatic carbocycles. The fraction of sp³-hybridized carbons (Fsp3) is 0.625. The van der Waals surface area contributed by atoms with Crippen molar-refractivity contribution in [3.05, 3.63) is 11.6 Å². The Kier molecular flexibility index (Phi) is 2.04. The first-order chi connectivity index (χ1) is 4.36. The fourth-order valence-corrected chi connectivity index (χ4v) is 1.24. The Morgan fingerprint density at radius 2 is 2.67 bits per heavy atom. The van der Waals surface area contributed by atoms with Crippen LogP contribution in [0.4, 0.5) is 0 Å². The number of carbonyl (C=O) groups excluding carboxylic acids is 1. The third-order valence-corrected chi connectivity index (χ3v) is 1.93. The van der Waals surface area contributed by atoms with Crippen LogP contribution in [0.15, 0.2) is 11.6 Å². The summed E-state index contributed by atoms with van der Waals surface area (Å²) in [5, 5.41) is 0. The highest BCUT2D eigenvalue weighted by molar-refractivity contribution is 5.73. The summed E-state index contributed by atoms with van der Waals surface area (Å²) in [4.78, 5) is 10.2. The minimum Gasteiger partial charge on any atom is -0.298 e. The van der Waals surface area contributed by atoms with E-state index in [-0.39, 0.29) is 0 Å². The quantitative estimate of drug-likeness (QED) is 0.514. The molecule has 0 N–H and O–H groups in total. The smallest absolute Gasteiger partial charge is 0.145 e. The number of hydrogen-bond donors (Lipinski definition) is 0. The Morgan fingerprint density at radius 1 is 1.89 bits per heavy atom. The van der Waals surface area contributed by atoms with Crippen LogP contribution in [-0.2, 0) is 4.79 Å². The van der Waals surface area contributed by atoms with Crippen LogP contribution in [-0.4, -0.2) is 6.29 Å². The zero-order chi connectivity index (χ0) is 6.69. The fourth-order valence-electron chi connectivity index (χ4n) is 1.24. The van der Waals surface area contributed by atoms with Crippen LogP contribution in [0.25, 0.3) is 0 Å². The van der Waals surface area contributed by atoms with Crippen molar-refractivity contribution in [1.82, 2.24) is 0 Å². The molecule has 0 aliphatic heterocycles. The van der Waals surface area contributed by atoms with Crippen molar-refractivity contribution in [2.24, 2.45) is 5.92 Å². The van der Waals surface area contributed by atoms with Gasteiger partial charge in [-0.3, -0.25) is 4.79 Å². The van der Waals surface area contributed by atoms with E-state index in [2.05, 4.69) is 13.0 Å². The van der Waals surface area contributed by atoms with Crippen molar-refractivity contribution in [1.29, 1.82) is 0 Å². The molecule has 0 fully saturated rings. The lowest BCUT2D eigenvalue weighted by Gasteiger charge is -1.97. The molecular formula is C8H12O. The lowest BCUT2D eigenvalue weighted by atomic mass is 10.1. The van der Waals surface area contributed by atoms with Gasteiger partial charge in [0.2, 0.25) is 0 Å². The summed E-state index contributed by atoms with van der Waals surface area (Å²) in [5.74, 6) is 0.685. The molecule has 1 unspecified atom stereocenters. The second kappa shape index (κ2) is 2.81. The Bertz CT molecular complexity index is 136. The van der Waals surface area contributed by atoms with E-state index in [1.165, 1.54) is 12.8 Å². The van der Waals surface area contributed by atoms with Gasteiger partial charge in [0, 0.05) is 0 Å². The average Bonchev–Trinajstić information content (AvgIpc) is 2.34. The molecule has 50 valence electrons. The highest BCUT2D eigenvalue weighted by Gasteiger charge is 2.12. The molecule has 0 radical (unpaired) electrons. The molecule has 1 nitrogen and oxygen atoms in total. The van der Waals surface area contributed by atoms with E-state index in [1.54, 1.807) is 0 Å². The molecule has 1 rings (SSSR count). The van der Waals surface area contributed by atoms with Crippen LogP contribution in [0.5, 0.6) is 0 Å². The monoisotopic (exact) mass is 124 g/mol. The van der Waals surface area contributed by atoms with Gasteiger partial charge in [-0.05, 0) is 30.8 Å². The summed E-state index contributed by atoms with van der Waals surface area (Å²) >= 11 is 0. The van der Waals surface area contributed by atoms with Crippen molar-refractivity contribution >= 4 is 6.29 Å². The maximum absolute atomic E-state index is 10.2. The molecule has 0 bridgehead atoms. The first kappa shape index (κ1) is 6.53. The topological polar surface area (TPSA) is 17.1 Å². The molecule has 0 aromatic rings. The van der Waals surface area contributed by atoms with Crippen LogP contribution < -0.4 is 0 Å². The zero-order valence-electron chi connectivity index (χ0n) is 5.76. The van der Waals surface area contributed by atoms with E-state index >= 15 is 0 Å². The van der Waals surface area contributed by atoms with Gasteiger partial charge in [0.1, 0.15) is 6.29 Å². The van der Waals surface area contributed by atoms with Gasteiger partial charge in [-0.1, -0.05) is 13.0 Å². The Hall–Kier alpha value is -0.590. The molecule has 0 amide bonds. The highest BCUT2D eigenvalue weighted by atomic mass is 16.1. The van der Waals surface area contributed by atoms with Gasteiger partial charge >= 0.3 is 0 Å². The van der Waals surface area contributed by atoms with Gasteiger partial charge in [-0.25, -0.2) is 0 Å². The molecule has 0 heterocycles. The van der Waals surface area contributed by atoms with Crippen molar-refractivity contribution in [2.75, 3.05) is 0 Å². The second-order valence-corrected chi connectivity index (χ2v) is 2.57. The number of hydrogen-bond acceptors (Lipinski definition) is 1. The molecular weight excluding hydrogens is 112 g/mol. The number of carbonyl (C=O) groups is 1. The Balaban J connectivity index is 2.49. The van der Waals surface area contributed by atoms with Gasteiger partial charge in [-0.15, -0.1) is 0 Å².